The van der Waals surface area contributed by atoms with E-state index < -0.39 is 0 Å². The molecule has 0 atom stereocenters. The standard InChI is InChI=1S/C14H15N2O/c1-12-5-3-4-10-16(12)15-11-13-6-8-14(17-2)9-7-13/h3-11H,1-2H3/q+1. The Kier molecular flexibility index (Phi) is 3.50. The molecule has 0 aliphatic carbocycles. The van der Waals surface area contributed by atoms with Crippen LogP contribution in [0.5, 0.6) is 5.75 Å². The molecule has 0 aliphatic heterocycles. The summed E-state index contributed by atoms with van der Waals surface area (Å²) >= 11 is 0. The number of methoxy groups -OCH3 is 1. The van der Waals surface area contributed by atoms with Crippen molar-refractivity contribution in [3.8, 4) is 5.75 Å². The zero-order valence-corrected chi connectivity index (χ0v) is 10.00. The van der Waals surface area contributed by atoms with E-state index in [0.717, 1.165) is 17.0 Å². The molecule has 3 heteroatoms. The summed E-state index contributed by atoms with van der Waals surface area (Å²) in [5.74, 6) is 0.852. The maximum absolute atomic E-state index is 5.10. The number of hydrogen-bond acceptors (Lipinski definition) is 2. The summed E-state index contributed by atoms with van der Waals surface area (Å²) in [7, 11) is 1.66. The van der Waals surface area contributed by atoms with Crippen LogP contribution in [0.15, 0.2) is 53.8 Å². The van der Waals surface area contributed by atoms with Crippen molar-refractivity contribution in [2.24, 2.45) is 5.10 Å². The molecule has 0 bridgehead atoms. The summed E-state index contributed by atoms with van der Waals surface area (Å²) in [6.45, 7) is 2.02. The van der Waals surface area contributed by atoms with Crippen LogP contribution in [0, 0.1) is 6.92 Å². The number of rotatable bonds is 3. The average Bonchev–Trinajstić information content (AvgIpc) is 2.38. The van der Waals surface area contributed by atoms with E-state index in [1.807, 2.05) is 66.5 Å². The molecular weight excluding hydrogens is 212 g/mol. The van der Waals surface area contributed by atoms with Crippen LogP contribution in [-0.4, -0.2) is 13.3 Å². The molecule has 0 amide bonds. The lowest BCUT2D eigenvalue weighted by atomic mass is 10.2. The van der Waals surface area contributed by atoms with Gasteiger partial charge in [-0.15, -0.1) is 0 Å². The van der Waals surface area contributed by atoms with Crippen LogP contribution in [0.1, 0.15) is 11.3 Å². The number of nitrogens with zero attached hydrogens (tertiary/aromatic N) is 2. The predicted molar refractivity (Wildman–Crippen MR) is 67.4 cm³/mol. The summed E-state index contributed by atoms with van der Waals surface area (Å²) < 4.78 is 6.94. The zero-order chi connectivity index (χ0) is 12.1. The number of ether oxygens (including phenoxy) is 1. The number of hydrogen-bond donors (Lipinski definition) is 0. The van der Waals surface area contributed by atoms with Crippen molar-refractivity contribution in [3.63, 3.8) is 0 Å². The molecule has 0 N–H and O–H groups in total. The Morgan fingerprint density at radius 1 is 1.12 bits per heavy atom. The topological polar surface area (TPSA) is 25.5 Å². The van der Waals surface area contributed by atoms with Crippen molar-refractivity contribution < 1.29 is 9.41 Å². The molecule has 0 radical (unpaired) electrons. The zero-order valence-electron chi connectivity index (χ0n) is 10.00. The van der Waals surface area contributed by atoms with Gasteiger partial charge in [0, 0.05) is 19.1 Å². The highest BCUT2D eigenvalue weighted by Gasteiger charge is 2.00. The first-order valence-corrected chi connectivity index (χ1v) is 5.45. The smallest absolute Gasteiger partial charge is 0.211 e. The van der Waals surface area contributed by atoms with E-state index in [9.17, 15) is 0 Å². The van der Waals surface area contributed by atoms with Gasteiger partial charge in [-0.1, -0.05) is 4.68 Å². The van der Waals surface area contributed by atoms with Crippen molar-refractivity contribution in [3.05, 3.63) is 59.9 Å². The average molecular weight is 227 g/mol. The van der Waals surface area contributed by atoms with Crippen molar-refractivity contribution >= 4 is 6.21 Å². The van der Waals surface area contributed by atoms with E-state index in [2.05, 4.69) is 5.10 Å². The number of aryl methyl sites for hydroxylation is 1. The third-order valence-corrected chi connectivity index (χ3v) is 2.48. The third-order valence-electron chi connectivity index (χ3n) is 2.48. The Hall–Kier alpha value is -2.16. The first-order chi connectivity index (χ1) is 8.29. The monoisotopic (exact) mass is 227 g/mol. The van der Waals surface area contributed by atoms with Gasteiger partial charge in [-0.2, -0.15) is 0 Å². The van der Waals surface area contributed by atoms with Gasteiger partial charge >= 0.3 is 0 Å². The molecular formula is C14H15N2O+. The summed E-state index contributed by atoms with van der Waals surface area (Å²) in [4.78, 5) is 0. The minimum atomic E-state index is 0.852. The molecule has 0 fully saturated rings. The normalized spacial score (nSPS) is 10.7. The minimum absolute atomic E-state index is 0.852. The Labute approximate surface area is 101 Å². The van der Waals surface area contributed by atoms with E-state index in [0.29, 0.717) is 0 Å². The lowest BCUT2D eigenvalue weighted by molar-refractivity contribution is -0.684. The molecule has 3 nitrogen and oxygen atoms in total. The summed E-state index contributed by atoms with van der Waals surface area (Å²) in [6, 6.07) is 13.8. The van der Waals surface area contributed by atoms with Gasteiger partial charge in [0.05, 0.1) is 7.11 Å². The van der Waals surface area contributed by atoms with Crippen LogP contribution < -0.4 is 9.41 Å². The molecule has 0 saturated carbocycles. The van der Waals surface area contributed by atoms with Crippen LogP contribution in [0.4, 0.5) is 0 Å². The Morgan fingerprint density at radius 3 is 2.53 bits per heavy atom. The number of aromatic nitrogens is 1. The molecule has 2 aromatic rings. The van der Waals surface area contributed by atoms with E-state index in [4.69, 9.17) is 4.74 Å². The molecule has 1 aromatic heterocycles. The van der Waals surface area contributed by atoms with Gasteiger partial charge in [-0.3, -0.25) is 0 Å². The lowest BCUT2D eigenvalue weighted by Crippen LogP contribution is -2.30. The van der Waals surface area contributed by atoms with Crippen LogP contribution in [0.3, 0.4) is 0 Å². The lowest BCUT2D eigenvalue weighted by Gasteiger charge is -1.97. The summed E-state index contributed by atoms with van der Waals surface area (Å²) in [5.41, 5.74) is 2.14. The number of pyridine rings is 1. The van der Waals surface area contributed by atoms with E-state index in [1.165, 1.54) is 0 Å². The van der Waals surface area contributed by atoms with Crippen molar-refractivity contribution in [1.82, 2.24) is 0 Å². The van der Waals surface area contributed by atoms with Crippen LogP contribution in [0.2, 0.25) is 0 Å². The van der Waals surface area contributed by atoms with Crippen LogP contribution >= 0.6 is 0 Å². The Balaban J connectivity index is 2.17. The second-order valence-corrected chi connectivity index (χ2v) is 3.70. The van der Waals surface area contributed by atoms with E-state index in [-0.39, 0.29) is 0 Å². The van der Waals surface area contributed by atoms with Crippen molar-refractivity contribution in [2.75, 3.05) is 7.11 Å². The van der Waals surface area contributed by atoms with Gasteiger partial charge in [0.25, 0.3) is 0 Å². The highest BCUT2D eigenvalue weighted by molar-refractivity contribution is 5.79. The maximum atomic E-state index is 5.10. The molecule has 0 aliphatic rings. The summed E-state index contributed by atoms with van der Waals surface area (Å²) in [5, 5.41) is 4.38. The molecule has 0 spiro atoms. The Bertz CT molecular complexity index is 518. The highest BCUT2D eigenvalue weighted by atomic mass is 16.5. The van der Waals surface area contributed by atoms with Crippen molar-refractivity contribution in [1.29, 1.82) is 0 Å². The fraction of sp³-hybridized carbons (Fsp3) is 0.143. The molecule has 1 heterocycles. The maximum Gasteiger partial charge on any atom is 0.211 e. The SMILES string of the molecule is COc1ccc(C=N[n+]2ccccc2C)cc1. The second kappa shape index (κ2) is 5.25. The first kappa shape index (κ1) is 11.3. The quantitative estimate of drug-likeness (QED) is 0.583. The van der Waals surface area contributed by atoms with Gasteiger partial charge in [-0.05, 0) is 41.0 Å². The van der Waals surface area contributed by atoms with Gasteiger partial charge < -0.3 is 4.74 Å². The van der Waals surface area contributed by atoms with E-state index in [1.54, 1.807) is 7.11 Å². The fourth-order valence-electron chi connectivity index (χ4n) is 1.47. The minimum Gasteiger partial charge on any atom is -0.497 e. The fourth-order valence-corrected chi connectivity index (χ4v) is 1.47. The van der Waals surface area contributed by atoms with Crippen molar-refractivity contribution in [2.45, 2.75) is 6.92 Å². The van der Waals surface area contributed by atoms with Gasteiger partial charge in [0.15, 0.2) is 0 Å². The molecule has 0 saturated heterocycles. The summed E-state index contributed by atoms with van der Waals surface area (Å²) in [6.07, 6.45) is 3.75. The molecule has 1 aromatic carbocycles. The van der Waals surface area contributed by atoms with E-state index >= 15 is 0 Å². The second-order valence-electron chi connectivity index (χ2n) is 3.70. The van der Waals surface area contributed by atoms with Gasteiger partial charge in [-0.25, -0.2) is 0 Å². The Morgan fingerprint density at radius 2 is 1.88 bits per heavy atom. The third kappa shape index (κ3) is 2.91. The predicted octanol–water partition coefficient (Wildman–Crippen LogP) is 2.17. The first-order valence-electron chi connectivity index (χ1n) is 5.45. The molecule has 86 valence electrons. The van der Waals surface area contributed by atoms with Gasteiger partial charge in [0.1, 0.15) is 12.0 Å². The molecule has 2 rings (SSSR count). The van der Waals surface area contributed by atoms with Crippen LogP contribution in [0.25, 0.3) is 0 Å². The molecule has 0 unspecified atom stereocenters. The van der Waals surface area contributed by atoms with Crippen LogP contribution in [-0.2, 0) is 0 Å². The molecule has 17 heavy (non-hydrogen) atoms. The highest BCUT2D eigenvalue weighted by Crippen LogP contribution is 2.09. The number of benzene rings is 1. The largest absolute Gasteiger partial charge is 0.497 e. The van der Waals surface area contributed by atoms with Gasteiger partial charge in [0.2, 0.25) is 11.9 Å².